The van der Waals surface area contributed by atoms with Crippen molar-refractivity contribution in [3.8, 4) is 0 Å². The first-order chi connectivity index (χ1) is 8.09. The molecule has 2 rings (SSSR count). The Morgan fingerprint density at radius 3 is 2.73 bits per heavy atom. The normalized spacial score (nSPS) is 16.1. The van der Waals surface area contributed by atoms with Crippen molar-refractivity contribution in [1.29, 1.82) is 0 Å². The van der Waals surface area contributed by atoms with Gasteiger partial charge in [0, 0.05) is 0 Å². The van der Waals surface area contributed by atoms with Crippen molar-refractivity contribution in [3.63, 3.8) is 0 Å². The Morgan fingerprint density at radius 1 is 1.40 bits per heavy atom. The predicted octanol–water partition coefficient (Wildman–Crippen LogP) is 1.56. The summed E-state index contributed by atoms with van der Waals surface area (Å²) in [5.74, 6) is 0. The number of halogens is 1. The summed E-state index contributed by atoms with van der Waals surface area (Å²) in [7, 11) is 0. The number of aromatic nitrogens is 4. The van der Waals surface area contributed by atoms with Gasteiger partial charge in [-0.15, -0.1) is 0 Å². The zero-order chi connectivity index (χ0) is 13.7. The van der Waals surface area contributed by atoms with E-state index < -0.39 is 25.4 Å². The van der Waals surface area contributed by atoms with Gasteiger partial charge in [0.2, 0.25) is 0 Å². The topological polar surface area (TPSA) is 43.6 Å². The van der Waals surface area contributed by atoms with Crippen molar-refractivity contribution in [2.45, 2.75) is 14.8 Å². The monoisotopic (exact) mass is 335 g/mol. The van der Waals surface area contributed by atoms with E-state index in [0.717, 1.165) is 8.39 Å². The zero-order valence-corrected chi connectivity index (χ0v) is 12.4. The average Bonchev–Trinajstić information content (AvgIpc) is 2.57. The average molecular weight is 334 g/mol. The van der Waals surface area contributed by atoms with Gasteiger partial charge in [-0.2, -0.15) is 0 Å². The Balaban J connectivity index is 2.76. The van der Waals surface area contributed by atoms with E-state index in [1.54, 1.807) is 0 Å². The molecular weight excluding hydrogens is 318 g/mol. The summed E-state index contributed by atoms with van der Waals surface area (Å²) in [4.78, 5) is 14.8. The molecule has 80 valence electrons. The second kappa shape index (κ2) is 3.59. The van der Waals surface area contributed by atoms with E-state index in [1.165, 1.54) is 6.20 Å². The molecule has 0 aliphatic rings. The van der Waals surface area contributed by atoms with E-state index in [9.17, 15) is 0 Å². The molecule has 0 atom stereocenters. The molecule has 0 N–H and O–H groups in total. The van der Waals surface area contributed by atoms with Gasteiger partial charge in [-0.25, -0.2) is 0 Å². The molecule has 2 aromatic heterocycles. The molecule has 0 fully saturated rings. The van der Waals surface area contributed by atoms with Crippen LogP contribution in [0.25, 0.3) is 11.0 Å². The molecule has 0 spiro atoms. The minimum atomic E-state index is -2.53. The number of aryl methyl sites for hydroxylation is 1. The van der Waals surface area contributed by atoms with E-state index >= 15 is 0 Å². The van der Waals surface area contributed by atoms with Gasteiger partial charge in [-0.1, -0.05) is 0 Å². The maximum absolute atomic E-state index is 7.36. The molecule has 0 bridgehead atoms. The number of nitrogens with zero attached hydrogens (tertiary/aromatic N) is 4. The van der Waals surface area contributed by atoms with Crippen LogP contribution in [0.3, 0.4) is 0 Å². The summed E-state index contributed by atoms with van der Waals surface area (Å²) in [6, 6.07) is 0. The van der Waals surface area contributed by atoms with Crippen LogP contribution >= 0.6 is 11.6 Å². The fraction of sp³-hybridized carbons (Fsp3) is 0.444. The van der Waals surface area contributed by atoms with E-state index in [-0.39, 0.29) is 5.28 Å². The molecule has 4 nitrogen and oxygen atoms in total. The maximum atomic E-state index is 7.36. The molecular formula is C9H13ClN4Sn. The second-order valence-corrected chi connectivity index (χ2v) is 18.9. The number of hydrogen-bond donors (Lipinski definition) is 0. The minimum absolute atomic E-state index is 0.147. The van der Waals surface area contributed by atoms with Crippen LogP contribution in [0.5, 0.6) is 0 Å². The summed E-state index contributed by atoms with van der Waals surface area (Å²) in [6.07, 6.45) is 1.40. The SMILES string of the molecule is [2H]C([2H])([2H])n1cc2nc(Cl)n[c]([Sn]([CH3])([CH3])[CH3])c2n1. The van der Waals surface area contributed by atoms with Crippen molar-refractivity contribution in [1.82, 2.24) is 19.7 Å². The van der Waals surface area contributed by atoms with E-state index in [2.05, 4.69) is 29.9 Å². The number of rotatable bonds is 1. The van der Waals surface area contributed by atoms with Crippen LogP contribution in [-0.4, -0.2) is 38.1 Å². The second-order valence-electron chi connectivity index (χ2n) is 4.40. The van der Waals surface area contributed by atoms with Gasteiger partial charge in [0.05, 0.1) is 0 Å². The Hall–Kier alpha value is -0.361. The Kier molecular flexibility index (Phi) is 1.88. The molecule has 0 amide bonds. The molecule has 0 aliphatic carbocycles. The Labute approximate surface area is 102 Å². The van der Waals surface area contributed by atoms with E-state index in [4.69, 9.17) is 15.7 Å². The fourth-order valence-corrected chi connectivity index (χ4v) is 5.58. The van der Waals surface area contributed by atoms with Crippen LogP contribution in [0, 0.1) is 0 Å². The molecule has 0 radical (unpaired) electrons. The van der Waals surface area contributed by atoms with Crippen LogP contribution in [0.4, 0.5) is 0 Å². The van der Waals surface area contributed by atoms with Crippen LogP contribution in [0.2, 0.25) is 20.1 Å². The van der Waals surface area contributed by atoms with Crippen molar-refractivity contribution < 1.29 is 4.11 Å². The van der Waals surface area contributed by atoms with Gasteiger partial charge in [0.1, 0.15) is 0 Å². The van der Waals surface area contributed by atoms with Gasteiger partial charge in [0.25, 0.3) is 0 Å². The Bertz CT molecular complexity index is 602. The summed E-state index contributed by atoms with van der Waals surface area (Å²) in [6.45, 7) is -2.31. The van der Waals surface area contributed by atoms with Crippen molar-refractivity contribution in [2.75, 3.05) is 0 Å². The van der Waals surface area contributed by atoms with Gasteiger partial charge < -0.3 is 0 Å². The van der Waals surface area contributed by atoms with Crippen LogP contribution in [-0.2, 0) is 6.98 Å². The summed E-state index contributed by atoms with van der Waals surface area (Å²) >= 11 is 3.36. The molecule has 0 unspecified atom stereocenters. The fourth-order valence-electron chi connectivity index (χ4n) is 1.41. The first-order valence-electron chi connectivity index (χ1n) is 6.03. The van der Waals surface area contributed by atoms with Crippen molar-refractivity contribution in [3.05, 3.63) is 11.5 Å². The molecule has 0 aliphatic heterocycles. The van der Waals surface area contributed by atoms with Crippen molar-refractivity contribution >= 4 is 44.7 Å². The van der Waals surface area contributed by atoms with E-state index in [1.807, 2.05) is 0 Å². The quantitative estimate of drug-likeness (QED) is 0.587. The standard InChI is InChI=1S/C6H4ClN4.3CH3.Sn/c1-11-3-5-4(10-11)2-8-6(7)9-5;;;;/h3H,1H3;3*1H3;/i1D3;;;;. The third-order valence-corrected chi connectivity index (χ3v) is 7.27. The molecule has 6 heteroatoms. The van der Waals surface area contributed by atoms with Crippen molar-refractivity contribution in [2.24, 2.45) is 6.98 Å². The predicted molar refractivity (Wildman–Crippen MR) is 64.3 cm³/mol. The molecule has 15 heavy (non-hydrogen) atoms. The first kappa shape index (κ1) is 7.84. The van der Waals surface area contributed by atoms with Crippen LogP contribution in [0.1, 0.15) is 4.11 Å². The molecule has 2 aromatic rings. The Morgan fingerprint density at radius 2 is 2.13 bits per heavy atom. The van der Waals surface area contributed by atoms with Gasteiger partial charge in [-0.3, -0.25) is 0 Å². The molecule has 0 saturated carbocycles. The zero-order valence-electron chi connectivity index (χ0n) is 11.7. The molecule has 0 aromatic carbocycles. The number of fused-ring (bicyclic) bond motifs is 1. The molecule has 0 saturated heterocycles. The van der Waals surface area contributed by atoms with Gasteiger partial charge in [-0.05, 0) is 0 Å². The molecule has 2 heterocycles. The summed E-state index contributed by atoms with van der Waals surface area (Å²) < 4.78 is 23.9. The summed E-state index contributed by atoms with van der Waals surface area (Å²) in [5.41, 5.74) is 1.06. The van der Waals surface area contributed by atoms with Gasteiger partial charge in [0.15, 0.2) is 0 Å². The van der Waals surface area contributed by atoms with E-state index in [0.29, 0.717) is 11.0 Å². The number of hydrogen-bond acceptors (Lipinski definition) is 3. The van der Waals surface area contributed by atoms with Crippen LogP contribution < -0.4 is 3.71 Å². The van der Waals surface area contributed by atoms with Gasteiger partial charge >= 0.3 is 102 Å². The third kappa shape index (κ3) is 2.10. The third-order valence-electron chi connectivity index (χ3n) is 2.05. The first-order valence-corrected chi connectivity index (χ1v) is 14.9. The van der Waals surface area contributed by atoms with Crippen LogP contribution in [0.15, 0.2) is 6.20 Å². The summed E-state index contributed by atoms with van der Waals surface area (Å²) in [5, 5.41) is 4.26.